The van der Waals surface area contributed by atoms with Gasteiger partial charge in [0, 0.05) is 60.3 Å². The molecule has 0 aromatic rings. The quantitative estimate of drug-likeness (QED) is 0.265. The number of carbonyl (C=O) groups is 5. The lowest BCUT2D eigenvalue weighted by Crippen LogP contribution is -2.33. The predicted octanol–water partition coefficient (Wildman–Crippen LogP) is -0.664. The third-order valence-corrected chi connectivity index (χ3v) is 0.787. The number of hydrogen-bond donors (Lipinski definition) is 8. The Balaban J connectivity index is -0.0000000536. The van der Waals surface area contributed by atoms with Crippen LogP contribution < -0.4 is 16.8 Å². The third kappa shape index (κ3) is 2310. The van der Waals surface area contributed by atoms with Gasteiger partial charge in [0.05, 0.1) is 0 Å². The average Bonchev–Trinajstić information content (AvgIpc) is 2.34. The zero-order valence-electron chi connectivity index (χ0n) is 17.1. The van der Waals surface area contributed by atoms with Gasteiger partial charge in [-0.15, -0.1) is 0 Å². The number of carboxylic acid groups (broad SMARTS) is 5. The minimum absolute atomic E-state index is 0.238. The zero-order chi connectivity index (χ0) is 24.3. The maximum Gasteiger partial charge on any atom is 0.300 e. The highest BCUT2D eigenvalue weighted by molar-refractivity contribution is 5.63. The zero-order valence-corrected chi connectivity index (χ0v) is 17.1. The molecule has 10 N–H and O–H groups in total. The smallest absolute Gasteiger partial charge is 0.300 e. The second kappa shape index (κ2) is 35.4. The van der Waals surface area contributed by atoms with E-state index in [1.165, 1.54) is 0 Å². The van der Waals surface area contributed by atoms with Gasteiger partial charge in [-0.2, -0.15) is 0 Å². The van der Waals surface area contributed by atoms with Crippen LogP contribution in [-0.4, -0.2) is 81.1 Å². The normalized spacial score (nSPS) is 8.43. The molecule has 1 atom stereocenters. The second-order valence-electron chi connectivity index (χ2n) is 4.57. The van der Waals surface area contributed by atoms with Crippen LogP contribution in [0.4, 0.5) is 0 Å². The van der Waals surface area contributed by atoms with Crippen molar-refractivity contribution in [3.63, 3.8) is 0 Å². The third-order valence-electron chi connectivity index (χ3n) is 0.787. The van der Waals surface area contributed by atoms with Crippen LogP contribution in [0.1, 0.15) is 41.5 Å². The molecule has 0 aliphatic carbocycles. The summed E-state index contributed by atoms with van der Waals surface area (Å²) in [6, 6.07) is 0.238. The Morgan fingerprint density at radius 2 is 0.893 bits per heavy atom. The fraction of sp³-hybridized carbons (Fsp3) is 0.667. The number of carboxylic acids is 5. The van der Waals surface area contributed by atoms with E-state index < -0.39 is 29.8 Å². The molecule has 0 aromatic heterocycles. The SMILES string of the molecule is CC(=O)O.CC(=O)O.CC(=O)O.CC(=O)O.CC(=O)O.CC(N)CNCCN. The second-order valence-corrected chi connectivity index (χ2v) is 4.57. The van der Waals surface area contributed by atoms with Gasteiger partial charge >= 0.3 is 0 Å². The van der Waals surface area contributed by atoms with E-state index in [2.05, 4.69) is 5.32 Å². The van der Waals surface area contributed by atoms with Crippen molar-refractivity contribution in [3.05, 3.63) is 0 Å². The standard InChI is InChI=1S/C5H15N3.5C2H4O2/c1-5(7)4-8-3-2-6;5*1-2(3)4/h5,8H,2-4,6-7H2,1H3;5*1H3,(H,3,4). The molecule has 0 saturated heterocycles. The van der Waals surface area contributed by atoms with Crippen molar-refractivity contribution < 1.29 is 49.5 Å². The topological polar surface area (TPSA) is 251 Å². The first-order valence-corrected chi connectivity index (χ1v) is 7.57. The maximum absolute atomic E-state index is 9.00. The van der Waals surface area contributed by atoms with E-state index >= 15 is 0 Å². The number of rotatable bonds is 4. The van der Waals surface area contributed by atoms with Crippen LogP contribution in [0, 0.1) is 0 Å². The van der Waals surface area contributed by atoms with Gasteiger partial charge in [0.25, 0.3) is 29.8 Å². The predicted molar refractivity (Wildman–Crippen MR) is 102 cm³/mol. The molecule has 0 aliphatic heterocycles. The van der Waals surface area contributed by atoms with E-state index in [0.717, 1.165) is 47.7 Å². The maximum atomic E-state index is 9.00. The molecule has 0 fully saturated rings. The first-order chi connectivity index (χ1) is 12.4. The van der Waals surface area contributed by atoms with Gasteiger partial charge < -0.3 is 42.3 Å². The van der Waals surface area contributed by atoms with Gasteiger partial charge in [-0.25, -0.2) is 0 Å². The van der Waals surface area contributed by atoms with Crippen molar-refractivity contribution in [1.82, 2.24) is 5.32 Å². The van der Waals surface area contributed by atoms with E-state index in [0.29, 0.717) is 6.54 Å². The summed E-state index contributed by atoms with van der Waals surface area (Å²) < 4.78 is 0. The fourth-order valence-electron chi connectivity index (χ4n) is 0.432. The average molecular weight is 417 g/mol. The van der Waals surface area contributed by atoms with Crippen molar-refractivity contribution in [2.45, 2.75) is 47.6 Å². The Hall–Kier alpha value is -2.77. The molecule has 0 aliphatic rings. The molecule has 170 valence electrons. The van der Waals surface area contributed by atoms with E-state index in [1.54, 1.807) is 0 Å². The van der Waals surface area contributed by atoms with Crippen LogP contribution in [0.15, 0.2) is 0 Å². The Kier molecular flexibility index (Phi) is 50.6. The lowest BCUT2D eigenvalue weighted by atomic mass is 10.4. The van der Waals surface area contributed by atoms with Crippen LogP contribution in [0.2, 0.25) is 0 Å². The van der Waals surface area contributed by atoms with Crippen LogP contribution in [0.3, 0.4) is 0 Å². The van der Waals surface area contributed by atoms with Crippen LogP contribution in [0.25, 0.3) is 0 Å². The molecule has 0 amide bonds. The highest BCUT2D eigenvalue weighted by Gasteiger charge is 1.88. The number of nitrogens with one attached hydrogen (secondary N) is 1. The largest absolute Gasteiger partial charge is 0.481 e. The van der Waals surface area contributed by atoms with Crippen molar-refractivity contribution in [3.8, 4) is 0 Å². The molecule has 0 heterocycles. The van der Waals surface area contributed by atoms with Crippen LogP contribution >= 0.6 is 0 Å². The molecule has 0 spiro atoms. The molecule has 0 rings (SSSR count). The van der Waals surface area contributed by atoms with Crippen molar-refractivity contribution >= 4 is 29.8 Å². The summed E-state index contributed by atoms with van der Waals surface area (Å²) in [5.41, 5.74) is 10.6. The summed E-state index contributed by atoms with van der Waals surface area (Å²) in [6.07, 6.45) is 0. The summed E-state index contributed by atoms with van der Waals surface area (Å²) >= 11 is 0. The number of nitrogens with two attached hydrogens (primary N) is 2. The monoisotopic (exact) mass is 417 g/mol. The van der Waals surface area contributed by atoms with Crippen LogP contribution in [-0.2, 0) is 24.0 Å². The first kappa shape index (κ1) is 40.1. The summed E-state index contributed by atoms with van der Waals surface area (Å²) in [7, 11) is 0. The lowest BCUT2D eigenvalue weighted by Gasteiger charge is -2.04. The molecule has 13 heteroatoms. The van der Waals surface area contributed by atoms with Crippen molar-refractivity contribution in [2.75, 3.05) is 19.6 Å². The summed E-state index contributed by atoms with van der Waals surface area (Å²) in [4.78, 5) is 45.0. The fourth-order valence-corrected chi connectivity index (χ4v) is 0.432. The molecule has 0 saturated carbocycles. The van der Waals surface area contributed by atoms with E-state index in [9.17, 15) is 0 Å². The first-order valence-electron chi connectivity index (χ1n) is 7.57. The molecule has 0 radical (unpaired) electrons. The highest BCUT2D eigenvalue weighted by atomic mass is 16.4. The van der Waals surface area contributed by atoms with E-state index in [1.807, 2.05) is 6.92 Å². The molecule has 0 bridgehead atoms. The van der Waals surface area contributed by atoms with Gasteiger partial charge in [-0.1, -0.05) is 0 Å². The lowest BCUT2D eigenvalue weighted by molar-refractivity contribution is -0.135. The minimum atomic E-state index is -0.833. The Morgan fingerprint density at radius 1 is 0.714 bits per heavy atom. The van der Waals surface area contributed by atoms with Gasteiger partial charge in [0.2, 0.25) is 0 Å². The molecule has 13 nitrogen and oxygen atoms in total. The molecule has 1 unspecified atom stereocenters. The highest BCUT2D eigenvalue weighted by Crippen LogP contribution is 1.66. The summed E-state index contributed by atoms with van der Waals surface area (Å²) in [6.45, 7) is 9.79. The number of hydrogen-bond acceptors (Lipinski definition) is 8. The van der Waals surface area contributed by atoms with Crippen molar-refractivity contribution in [2.24, 2.45) is 11.5 Å². The van der Waals surface area contributed by atoms with Gasteiger partial charge in [-0.3, -0.25) is 24.0 Å². The van der Waals surface area contributed by atoms with Crippen LogP contribution in [0.5, 0.6) is 0 Å². The molecular formula is C15H35N3O10. The molecule has 0 aromatic carbocycles. The molecule has 28 heavy (non-hydrogen) atoms. The minimum Gasteiger partial charge on any atom is -0.481 e. The summed E-state index contributed by atoms with van der Waals surface area (Å²) in [5.74, 6) is -4.17. The molecular weight excluding hydrogens is 382 g/mol. The Bertz CT molecular complexity index is 312. The Labute approximate surface area is 164 Å². The van der Waals surface area contributed by atoms with Gasteiger partial charge in [-0.05, 0) is 6.92 Å². The number of aliphatic carboxylic acids is 5. The Morgan fingerprint density at radius 3 is 1.00 bits per heavy atom. The summed E-state index contributed by atoms with van der Waals surface area (Å²) in [5, 5.41) is 40.2. The van der Waals surface area contributed by atoms with E-state index in [4.69, 9.17) is 61.0 Å². The van der Waals surface area contributed by atoms with Gasteiger partial charge in [0.1, 0.15) is 0 Å². The van der Waals surface area contributed by atoms with Crippen molar-refractivity contribution in [1.29, 1.82) is 0 Å². The van der Waals surface area contributed by atoms with E-state index in [-0.39, 0.29) is 6.04 Å². The van der Waals surface area contributed by atoms with Gasteiger partial charge in [0.15, 0.2) is 0 Å².